The van der Waals surface area contributed by atoms with Crippen molar-refractivity contribution >= 4 is 0 Å². The van der Waals surface area contributed by atoms with Crippen LogP contribution >= 0.6 is 0 Å². The molecule has 0 spiro atoms. The lowest BCUT2D eigenvalue weighted by molar-refractivity contribution is 0.755. The zero-order valence-corrected chi connectivity index (χ0v) is 5.91. The van der Waals surface area contributed by atoms with Crippen LogP contribution in [0.4, 0.5) is 0 Å². The fourth-order valence-corrected chi connectivity index (χ4v) is 1.09. The second kappa shape index (κ2) is 2.52. The first-order valence-corrected chi connectivity index (χ1v) is 3.69. The van der Waals surface area contributed by atoms with E-state index >= 15 is 0 Å². The number of hydrogen-bond acceptors (Lipinski definition) is 0. The summed E-state index contributed by atoms with van der Waals surface area (Å²) in [6, 6.07) is 0. The van der Waals surface area contributed by atoms with Gasteiger partial charge in [-0.05, 0) is 24.7 Å². The van der Waals surface area contributed by atoms with Gasteiger partial charge in [-0.1, -0.05) is 26.7 Å². The molecule has 0 amide bonds. The molecule has 0 bridgehead atoms. The molecular weight excluding hydrogens is 96.1 g/mol. The van der Waals surface area contributed by atoms with Crippen molar-refractivity contribution < 1.29 is 0 Å². The molecule has 1 unspecified atom stereocenters. The molecule has 0 nitrogen and oxygen atoms in total. The first-order chi connectivity index (χ1) is 3.84. The molecule has 0 heteroatoms. The van der Waals surface area contributed by atoms with Crippen LogP contribution in [-0.2, 0) is 0 Å². The van der Waals surface area contributed by atoms with E-state index in [1.807, 2.05) is 5.92 Å². The van der Waals surface area contributed by atoms with E-state index in [1.165, 1.54) is 25.7 Å². The van der Waals surface area contributed by atoms with Crippen LogP contribution in [0, 0.1) is 11.8 Å². The minimum absolute atomic E-state index is 0.988. The zero-order chi connectivity index (χ0) is 5.98. The number of hydrogen-bond donors (Lipinski definition) is 0. The summed E-state index contributed by atoms with van der Waals surface area (Å²) >= 11 is 0. The van der Waals surface area contributed by atoms with E-state index in [1.54, 1.807) is 0 Å². The molecule has 1 radical (unpaired) electrons. The van der Waals surface area contributed by atoms with Gasteiger partial charge in [0.25, 0.3) is 0 Å². The molecule has 0 aromatic carbocycles. The van der Waals surface area contributed by atoms with Crippen molar-refractivity contribution in [2.45, 2.75) is 39.5 Å². The van der Waals surface area contributed by atoms with E-state index in [2.05, 4.69) is 13.8 Å². The lowest BCUT2D eigenvalue weighted by Gasteiger charge is -1.90. The summed E-state index contributed by atoms with van der Waals surface area (Å²) in [6.07, 6.45) is 5.62. The minimum atomic E-state index is 0.988. The molecule has 1 atom stereocenters. The quantitative estimate of drug-likeness (QED) is 0.525. The molecule has 1 aliphatic rings. The maximum Gasteiger partial charge on any atom is -0.0210 e. The van der Waals surface area contributed by atoms with E-state index in [9.17, 15) is 0 Å². The maximum atomic E-state index is 2.32. The third-order valence-electron chi connectivity index (χ3n) is 1.96. The molecule has 0 aromatic rings. The van der Waals surface area contributed by atoms with Gasteiger partial charge in [0.05, 0.1) is 0 Å². The van der Waals surface area contributed by atoms with Gasteiger partial charge in [0.1, 0.15) is 0 Å². The first-order valence-electron chi connectivity index (χ1n) is 3.69. The van der Waals surface area contributed by atoms with Crippen LogP contribution < -0.4 is 0 Å². The lowest BCUT2D eigenvalue weighted by atomic mass is 10.2. The van der Waals surface area contributed by atoms with Crippen LogP contribution in [-0.4, -0.2) is 0 Å². The molecular formula is C8H15. The molecule has 1 aliphatic carbocycles. The highest BCUT2D eigenvalue weighted by molar-refractivity contribution is 5.11. The maximum absolute atomic E-state index is 2.32. The van der Waals surface area contributed by atoms with Gasteiger partial charge >= 0.3 is 0 Å². The van der Waals surface area contributed by atoms with Gasteiger partial charge in [-0.15, -0.1) is 0 Å². The van der Waals surface area contributed by atoms with Crippen LogP contribution in [0.3, 0.4) is 0 Å². The Bertz CT molecular complexity index is 66.4. The summed E-state index contributed by atoms with van der Waals surface area (Å²) in [5, 5.41) is 0. The topological polar surface area (TPSA) is 0 Å². The highest BCUT2D eigenvalue weighted by atomic mass is 14.4. The van der Waals surface area contributed by atoms with Crippen molar-refractivity contribution in [2.24, 2.45) is 5.92 Å². The molecule has 0 heterocycles. The van der Waals surface area contributed by atoms with Crippen molar-refractivity contribution in [3.63, 3.8) is 0 Å². The summed E-state index contributed by atoms with van der Waals surface area (Å²) in [4.78, 5) is 0. The average Bonchev–Trinajstić information content (AvgIpc) is 2.42. The largest absolute Gasteiger partial charge is 0.0654 e. The van der Waals surface area contributed by atoms with Crippen LogP contribution in [0.1, 0.15) is 39.5 Å². The van der Waals surface area contributed by atoms with Gasteiger partial charge in [0.2, 0.25) is 0 Å². The summed E-state index contributed by atoms with van der Waals surface area (Å²) < 4.78 is 0. The van der Waals surface area contributed by atoms with Gasteiger partial charge in [0.15, 0.2) is 0 Å². The Kier molecular flexibility index (Phi) is 1.93. The second-order valence-corrected chi connectivity index (χ2v) is 2.87. The van der Waals surface area contributed by atoms with E-state index in [0.29, 0.717) is 0 Å². The van der Waals surface area contributed by atoms with Crippen LogP contribution in [0.5, 0.6) is 0 Å². The molecule has 1 fully saturated rings. The third kappa shape index (κ3) is 1.50. The Labute approximate surface area is 52.3 Å². The zero-order valence-electron chi connectivity index (χ0n) is 5.91. The van der Waals surface area contributed by atoms with Crippen molar-refractivity contribution in [3.8, 4) is 0 Å². The van der Waals surface area contributed by atoms with Gasteiger partial charge in [-0.3, -0.25) is 0 Å². The molecule has 0 N–H and O–H groups in total. The summed E-state index contributed by atoms with van der Waals surface area (Å²) in [6.45, 7) is 4.58. The molecule has 47 valence electrons. The Morgan fingerprint density at radius 3 is 2.62 bits per heavy atom. The average molecular weight is 111 g/mol. The predicted octanol–water partition coefficient (Wildman–Crippen LogP) is 2.79. The standard InChI is InChI=1S/C8H15/c1-3-4-5-8-6-7(8)2/h7H,3-6H2,1-2H3. The Hall–Kier alpha value is 0. The first kappa shape index (κ1) is 6.12. The van der Waals surface area contributed by atoms with Crippen molar-refractivity contribution in [3.05, 3.63) is 5.92 Å². The van der Waals surface area contributed by atoms with Gasteiger partial charge in [-0.2, -0.15) is 0 Å². The lowest BCUT2D eigenvalue weighted by Crippen LogP contribution is -1.75. The summed E-state index contributed by atoms with van der Waals surface area (Å²) in [7, 11) is 0. The molecule has 0 aliphatic heterocycles. The fraction of sp³-hybridized carbons (Fsp3) is 0.875. The summed E-state index contributed by atoms with van der Waals surface area (Å²) in [5.74, 6) is 2.80. The van der Waals surface area contributed by atoms with Crippen molar-refractivity contribution in [2.75, 3.05) is 0 Å². The van der Waals surface area contributed by atoms with Crippen LogP contribution in [0.2, 0.25) is 0 Å². The summed E-state index contributed by atoms with van der Waals surface area (Å²) in [5.41, 5.74) is 0. The van der Waals surface area contributed by atoms with Crippen LogP contribution in [0.25, 0.3) is 0 Å². The molecule has 8 heavy (non-hydrogen) atoms. The van der Waals surface area contributed by atoms with Crippen LogP contribution in [0.15, 0.2) is 0 Å². The van der Waals surface area contributed by atoms with E-state index in [-0.39, 0.29) is 0 Å². The second-order valence-electron chi connectivity index (χ2n) is 2.87. The Balaban J connectivity index is 1.89. The smallest absolute Gasteiger partial charge is 0.0210 e. The van der Waals surface area contributed by atoms with E-state index < -0.39 is 0 Å². The minimum Gasteiger partial charge on any atom is -0.0654 e. The highest BCUT2D eigenvalue weighted by Gasteiger charge is 2.31. The normalized spacial score (nSPS) is 28.5. The fourth-order valence-electron chi connectivity index (χ4n) is 1.09. The molecule has 0 aromatic heterocycles. The Morgan fingerprint density at radius 2 is 2.25 bits per heavy atom. The number of unbranched alkanes of at least 4 members (excludes halogenated alkanes) is 1. The van der Waals surface area contributed by atoms with E-state index in [0.717, 1.165) is 5.92 Å². The number of rotatable bonds is 3. The van der Waals surface area contributed by atoms with Gasteiger partial charge < -0.3 is 0 Å². The predicted molar refractivity (Wildman–Crippen MR) is 36.5 cm³/mol. The molecule has 0 saturated heterocycles. The highest BCUT2D eigenvalue weighted by Crippen LogP contribution is 2.43. The SMILES string of the molecule is CCCC[C]1CC1C. The molecule has 1 saturated carbocycles. The van der Waals surface area contributed by atoms with E-state index in [4.69, 9.17) is 0 Å². The van der Waals surface area contributed by atoms with Gasteiger partial charge in [0, 0.05) is 0 Å². The third-order valence-corrected chi connectivity index (χ3v) is 1.96. The van der Waals surface area contributed by atoms with Crippen molar-refractivity contribution in [1.29, 1.82) is 0 Å². The van der Waals surface area contributed by atoms with Crippen molar-refractivity contribution in [1.82, 2.24) is 0 Å². The Morgan fingerprint density at radius 1 is 1.62 bits per heavy atom. The van der Waals surface area contributed by atoms with Gasteiger partial charge in [-0.25, -0.2) is 0 Å². The monoisotopic (exact) mass is 111 g/mol. The molecule has 1 rings (SSSR count).